The predicted molar refractivity (Wildman–Crippen MR) is 106 cm³/mol. The Hall–Kier alpha value is -3.13. The molecule has 0 unspecified atom stereocenters. The molecule has 1 N–H and O–H groups in total. The maximum absolute atomic E-state index is 13.2. The Kier molecular flexibility index (Phi) is 6.80. The van der Waals surface area contributed by atoms with Gasteiger partial charge in [0.25, 0.3) is 5.91 Å². The zero-order valence-electron chi connectivity index (χ0n) is 15.7. The average Bonchev–Trinajstić information content (AvgIpc) is 2.72. The van der Waals surface area contributed by atoms with E-state index >= 15 is 0 Å². The lowest BCUT2D eigenvalue weighted by atomic mass is 9.95. The molecule has 0 bridgehead atoms. The Labute approximate surface area is 164 Å². The highest BCUT2D eigenvalue weighted by atomic mass is 19.1. The second-order valence-corrected chi connectivity index (χ2v) is 6.97. The molecule has 2 aromatic rings. The molecule has 1 aliphatic carbocycles. The van der Waals surface area contributed by atoms with E-state index in [1.54, 1.807) is 42.5 Å². The van der Waals surface area contributed by atoms with Gasteiger partial charge in [0.15, 0.2) is 0 Å². The summed E-state index contributed by atoms with van der Waals surface area (Å²) >= 11 is 0. The van der Waals surface area contributed by atoms with Crippen LogP contribution in [-0.2, 0) is 11.4 Å². The van der Waals surface area contributed by atoms with Crippen molar-refractivity contribution < 1.29 is 13.9 Å². The zero-order valence-corrected chi connectivity index (χ0v) is 15.7. The van der Waals surface area contributed by atoms with Crippen molar-refractivity contribution in [1.82, 2.24) is 5.32 Å². The number of benzene rings is 2. The molecule has 0 radical (unpaired) electrons. The Balaban J connectivity index is 1.59. The third kappa shape index (κ3) is 5.68. The molecule has 0 heterocycles. The van der Waals surface area contributed by atoms with Crippen LogP contribution in [0.3, 0.4) is 0 Å². The molecular weight excluding hydrogens is 355 g/mol. The van der Waals surface area contributed by atoms with E-state index in [0.717, 1.165) is 36.8 Å². The molecule has 28 heavy (non-hydrogen) atoms. The third-order valence-electron chi connectivity index (χ3n) is 4.79. The molecule has 144 valence electrons. The SMILES string of the molecule is N#CC(=Cc1ccc(OCc2cccc(F)c2)cc1)C(=O)NC1CCCCC1. The molecule has 5 heteroatoms. The second kappa shape index (κ2) is 9.70. The van der Waals surface area contributed by atoms with Crippen LogP contribution >= 0.6 is 0 Å². The number of amides is 1. The van der Waals surface area contributed by atoms with E-state index in [1.165, 1.54) is 18.6 Å². The fourth-order valence-electron chi connectivity index (χ4n) is 3.28. The summed E-state index contributed by atoms with van der Waals surface area (Å²) in [5.41, 5.74) is 1.59. The minimum absolute atomic E-state index is 0.0963. The van der Waals surface area contributed by atoms with Crippen LogP contribution in [0.5, 0.6) is 5.75 Å². The molecule has 1 fully saturated rings. The van der Waals surface area contributed by atoms with Gasteiger partial charge < -0.3 is 10.1 Å². The molecule has 4 nitrogen and oxygen atoms in total. The van der Waals surface area contributed by atoms with Gasteiger partial charge in [-0.3, -0.25) is 4.79 Å². The molecule has 1 amide bonds. The number of nitrogens with one attached hydrogen (secondary N) is 1. The standard InChI is InChI=1S/C23H23FN2O2/c24-20-6-4-5-18(14-20)16-28-22-11-9-17(10-12-22)13-19(15-25)23(27)26-21-7-2-1-3-8-21/h4-6,9-14,21H,1-3,7-8,16H2,(H,26,27). The van der Waals surface area contributed by atoms with Crippen LogP contribution in [0.4, 0.5) is 4.39 Å². The van der Waals surface area contributed by atoms with Crippen molar-refractivity contribution in [2.75, 3.05) is 0 Å². The van der Waals surface area contributed by atoms with Gasteiger partial charge in [-0.2, -0.15) is 5.26 Å². The Morgan fingerprint density at radius 2 is 1.93 bits per heavy atom. The summed E-state index contributed by atoms with van der Waals surface area (Å²) in [6.45, 7) is 0.264. The van der Waals surface area contributed by atoms with Crippen molar-refractivity contribution in [3.63, 3.8) is 0 Å². The number of halogens is 1. The van der Waals surface area contributed by atoms with E-state index in [2.05, 4.69) is 5.32 Å². The lowest BCUT2D eigenvalue weighted by molar-refractivity contribution is -0.117. The largest absolute Gasteiger partial charge is 0.489 e. The smallest absolute Gasteiger partial charge is 0.262 e. The van der Waals surface area contributed by atoms with Crippen LogP contribution in [0.1, 0.15) is 43.2 Å². The first-order chi connectivity index (χ1) is 13.6. The molecule has 1 aliphatic rings. The van der Waals surface area contributed by atoms with E-state index in [-0.39, 0.29) is 29.9 Å². The number of nitrogens with zero attached hydrogens (tertiary/aromatic N) is 1. The highest BCUT2D eigenvalue weighted by Gasteiger charge is 2.18. The quantitative estimate of drug-likeness (QED) is 0.582. The zero-order chi connectivity index (χ0) is 19.8. The molecular formula is C23H23FN2O2. The van der Waals surface area contributed by atoms with Crippen LogP contribution in [0.25, 0.3) is 6.08 Å². The van der Waals surface area contributed by atoms with Gasteiger partial charge in [-0.15, -0.1) is 0 Å². The molecule has 2 aromatic carbocycles. The van der Waals surface area contributed by atoms with Crippen molar-refractivity contribution in [2.24, 2.45) is 0 Å². The first-order valence-corrected chi connectivity index (χ1v) is 9.54. The lowest BCUT2D eigenvalue weighted by Crippen LogP contribution is -2.36. The molecule has 0 aromatic heterocycles. The highest BCUT2D eigenvalue weighted by Crippen LogP contribution is 2.19. The predicted octanol–water partition coefficient (Wildman–Crippen LogP) is 4.76. The van der Waals surface area contributed by atoms with Crippen molar-refractivity contribution in [2.45, 2.75) is 44.8 Å². The van der Waals surface area contributed by atoms with Gasteiger partial charge in [-0.25, -0.2) is 4.39 Å². The van der Waals surface area contributed by atoms with Gasteiger partial charge >= 0.3 is 0 Å². The maximum Gasteiger partial charge on any atom is 0.262 e. The van der Waals surface area contributed by atoms with Gasteiger partial charge in [-0.1, -0.05) is 43.5 Å². The van der Waals surface area contributed by atoms with Crippen LogP contribution in [0.15, 0.2) is 54.1 Å². The lowest BCUT2D eigenvalue weighted by Gasteiger charge is -2.22. The maximum atomic E-state index is 13.2. The second-order valence-electron chi connectivity index (χ2n) is 6.97. The van der Waals surface area contributed by atoms with Crippen LogP contribution in [-0.4, -0.2) is 11.9 Å². The van der Waals surface area contributed by atoms with Crippen molar-refractivity contribution in [1.29, 1.82) is 5.26 Å². The fourth-order valence-corrected chi connectivity index (χ4v) is 3.28. The molecule has 0 spiro atoms. The highest BCUT2D eigenvalue weighted by molar-refractivity contribution is 6.01. The summed E-state index contributed by atoms with van der Waals surface area (Å²) in [4.78, 5) is 12.3. The number of rotatable bonds is 6. The first-order valence-electron chi connectivity index (χ1n) is 9.54. The summed E-state index contributed by atoms with van der Waals surface area (Å²) < 4.78 is 18.8. The van der Waals surface area contributed by atoms with E-state index in [1.807, 2.05) is 6.07 Å². The van der Waals surface area contributed by atoms with Crippen molar-refractivity contribution in [3.05, 3.63) is 71.0 Å². The first kappa shape index (κ1) is 19.6. The minimum atomic E-state index is -0.319. The third-order valence-corrected chi connectivity index (χ3v) is 4.79. The van der Waals surface area contributed by atoms with E-state index in [9.17, 15) is 14.4 Å². The Morgan fingerprint density at radius 3 is 2.61 bits per heavy atom. The van der Waals surface area contributed by atoms with Crippen molar-refractivity contribution in [3.8, 4) is 11.8 Å². The van der Waals surface area contributed by atoms with Gasteiger partial charge in [-0.05, 0) is 54.3 Å². The number of carbonyl (C=O) groups is 1. The molecule has 0 aliphatic heterocycles. The van der Waals surface area contributed by atoms with Gasteiger partial charge in [0.05, 0.1) is 0 Å². The average molecular weight is 378 g/mol. The number of carbonyl (C=O) groups excluding carboxylic acids is 1. The molecule has 1 saturated carbocycles. The summed E-state index contributed by atoms with van der Waals surface area (Å²) in [5.74, 6) is 0.0181. The monoisotopic (exact) mass is 378 g/mol. The summed E-state index contributed by atoms with van der Waals surface area (Å²) in [5, 5.41) is 12.3. The van der Waals surface area contributed by atoms with E-state index in [4.69, 9.17) is 4.74 Å². The molecule has 3 rings (SSSR count). The van der Waals surface area contributed by atoms with Crippen LogP contribution in [0.2, 0.25) is 0 Å². The summed E-state index contributed by atoms with van der Waals surface area (Å²) in [7, 11) is 0. The normalized spacial score (nSPS) is 14.9. The fraction of sp³-hybridized carbons (Fsp3) is 0.304. The van der Waals surface area contributed by atoms with E-state index < -0.39 is 0 Å². The molecule has 0 saturated heterocycles. The number of hydrogen-bond donors (Lipinski definition) is 1. The minimum Gasteiger partial charge on any atom is -0.489 e. The van der Waals surface area contributed by atoms with E-state index in [0.29, 0.717) is 5.75 Å². The summed E-state index contributed by atoms with van der Waals surface area (Å²) in [6, 6.07) is 15.5. The van der Waals surface area contributed by atoms with Gasteiger partial charge in [0.2, 0.25) is 0 Å². The Bertz CT molecular complexity index is 878. The van der Waals surface area contributed by atoms with Crippen molar-refractivity contribution >= 4 is 12.0 Å². The van der Waals surface area contributed by atoms with Gasteiger partial charge in [0.1, 0.15) is 29.8 Å². The van der Waals surface area contributed by atoms with Crippen LogP contribution < -0.4 is 10.1 Å². The number of nitriles is 1. The topological polar surface area (TPSA) is 62.1 Å². The van der Waals surface area contributed by atoms with Crippen LogP contribution in [0, 0.1) is 17.1 Å². The Morgan fingerprint density at radius 1 is 1.18 bits per heavy atom. The summed E-state index contributed by atoms with van der Waals surface area (Å²) in [6.07, 6.45) is 6.97. The molecule has 0 atom stereocenters. The number of ether oxygens (including phenoxy) is 1. The van der Waals surface area contributed by atoms with Gasteiger partial charge in [0, 0.05) is 6.04 Å². The number of hydrogen-bond acceptors (Lipinski definition) is 3.